The van der Waals surface area contributed by atoms with Gasteiger partial charge in [0.15, 0.2) is 11.2 Å². The summed E-state index contributed by atoms with van der Waals surface area (Å²) in [4.78, 5) is 42.1. The molecule has 0 spiro atoms. The molecule has 13 nitrogen and oxygen atoms in total. The molecule has 4 rings (SSSR count). The molecule has 3 N–H and O–H groups in total. The highest BCUT2D eigenvalue weighted by Crippen LogP contribution is 2.20. The molecule has 0 amide bonds. The van der Waals surface area contributed by atoms with Crippen LogP contribution in [0.15, 0.2) is 44.8 Å². The number of hydrogen-bond donors (Lipinski definition) is 3. The van der Waals surface area contributed by atoms with Crippen molar-refractivity contribution in [3.05, 3.63) is 51.2 Å². The van der Waals surface area contributed by atoms with Crippen LogP contribution in [0.25, 0.3) is 11.2 Å². The van der Waals surface area contributed by atoms with E-state index in [1.807, 2.05) is 0 Å². The number of alkyl halides is 3. The van der Waals surface area contributed by atoms with Gasteiger partial charge in [-0.1, -0.05) is 24.1 Å². The molecule has 0 atom stereocenters. The highest BCUT2D eigenvalue weighted by atomic mass is 32.2. The van der Waals surface area contributed by atoms with Crippen molar-refractivity contribution in [3.63, 3.8) is 0 Å². The van der Waals surface area contributed by atoms with Gasteiger partial charge in [-0.3, -0.25) is 18.5 Å². The van der Waals surface area contributed by atoms with Crippen LogP contribution in [0.2, 0.25) is 0 Å². The van der Waals surface area contributed by atoms with Crippen LogP contribution in [0.1, 0.15) is 6.92 Å². The predicted molar refractivity (Wildman–Crippen MR) is 143 cm³/mol. The Hall–Kier alpha value is -4.14. The number of carboxylic acids is 1. The number of imidazole rings is 1. The van der Waals surface area contributed by atoms with Crippen LogP contribution in [0.4, 0.5) is 19.1 Å². The van der Waals surface area contributed by atoms with Gasteiger partial charge >= 0.3 is 17.8 Å². The van der Waals surface area contributed by atoms with E-state index in [1.54, 1.807) is 36.7 Å². The average Bonchev–Trinajstić information content (AvgIpc) is 3.33. The van der Waals surface area contributed by atoms with Gasteiger partial charge in [-0.25, -0.2) is 22.7 Å². The van der Waals surface area contributed by atoms with Crippen LogP contribution >= 0.6 is 0 Å². The number of halogens is 3. The molecule has 0 unspecified atom stereocenters. The number of aryl methyl sites for hydroxylation is 1. The number of fused-ring (bicyclic) bond motifs is 1. The quantitative estimate of drug-likeness (QED) is 0.316. The first-order chi connectivity index (χ1) is 19.3. The Morgan fingerprint density at radius 1 is 1.15 bits per heavy atom. The van der Waals surface area contributed by atoms with Gasteiger partial charge in [0.25, 0.3) is 5.56 Å². The van der Waals surface area contributed by atoms with Crippen molar-refractivity contribution >= 4 is 33.1 Å². The van der Waals surface area contributed by atoms with E-state index >= 15 is 0 Å². The van der Waals surface area contributed by atoms with Crippen molar-refractivity contribution < 1.29 is 31.5 Å². The first-order valence-corrected chi connectivity index (χ1v) is 13.7. The summed E-state index contributed by atoms with van der Waals surface area (Å²) in [5, 5.41) is 10.4. The minimum absolute atomic E-state index is 0.114. The summed E-state index contributed by atoms with van der Waals surface area (Å²) in [6.07, 6.45) is -5.08. The number of carboxylic acid groups (broad SMARTS) is 1. The molecule has 1 saturated heterocycles. The van der Waals surface area contributed by atoms with Crippen LogP contribution in [-0.2, 0) is 35.0 Å². The molecule has 1 aromatic carbocycles. The van der Waals surface area contributed by atoms with Gasteiger partial charge in [-0.05, 0) is 19.1 Å². The Morgan fingerprint density at radius 2 is 1.76 bits per heavy atom. The van der Waals surface area contributed by atoms with Crippen molar-refractivity contribution in [1.82, 2.24) is 28.7 Å². The van der Waals surface area contributed by atoms with E-state index in [0.717, 1.165) is 17.7 Å². The van der Waals surface area contributed by atoms with E-state index < -0.39 is 33.4 Å². The lowest BCUT2D eigenvalue weighted by molar-refractivity contribution is -0.192. The average molecular weight is 600 g/mol. The zero-order valence-corrected chi connectivity index (χ0v) is 22.9. The van der Waals surface area contributed by atoms with Crippen LogP contribution < -0.4 is 26.2 Å². The lowest BCUT2D eigenvalue weighted by Crippen LogP contribution is -2.44. The van der Waals surface area contributed by atoms with Crippen molar-refractivity contribution in [1.29, 1.82) is 0 Å². The van der Waals surface area contributed by atoms with Gasteiger partial charge in [0, 0.05) is 46.3 Å². The Labute approximate surface area is 232 Å². The number of aromatic nitrogens is 4. The highest BCUT2D eigenvalue weighted by molar-refractivity contribution is 7.89. The van der Waals surface area contributed by atoms with E-state index in [-0.39, 0.29) is 35.7 Å². The summed E-state index contributed by atoms with van der Waals surface area (Å²) in [5.41, 5.74) is -0.537. The lowest BCUT2D eigenvalue weighted by atomic mass is 10.4. The first-order valence-electron chi connectivity index (χ1n) is 12.2. The van der Waals surface area contributed by atoms with E-state index in [4.69, 9.17) is 9.90 Å². The summed E-state index contributed by atoms with van der Waals surface area (Å²) in [7, 11) is -2.21. The van der Waals surface area contributed by atoms with Crippen LogP contribution in [0, 0.1) is 11.8 Å². The second kappa shape index (κ2) is 13.0. The number of benzene rings is 1. The molecular formula is C24H28F3N7O6S. The number of nitrogens with one attached hydrogen (secondary N) is 2. The number of sulfonamides is 1. The fourth-order valence-corrected chi connectivity index (χ4v) is 4.99. The Bertz CT molecular complexity index is 1680. The van der Waals surface area contributed by atoms with Crippen LogP contribution in [0.3, 0.4) is 0 Å². The molecule has 0 radical (unpaired) electrons. The van der Waals surface area contributed by atoms with E-state index in [9.17, 15) is 31.2 Å². The molecule has 3 aromatic rings. The maximum absolute atomic E-state index is 13.4. The monoisotopic (exact) mass is 599 g/mol. The normalized spacial score (nSPS) is 13.7. The fourth-order valence-electron chi connectivity index (χ4n) is 3.95. The molecule has 17 heteroatoms. The highest BCUT2D eigenvalue weighted by Gasteiger charge is 2.38. The van der Waals surface area contributed by atoms with Gasteiger partial charge in [-0.15, -0.1) is 5.92 Å². The zero-order chi connectivity index (χ0) is 30.4. The molecule has 0 bridgehead atoms. The molecule has 2 aromatic heterocycles. The molecule has 3 heterocycles. The molecular weight excluding hydrogens is 571 g/mol. The van der Waals surface area contributed by atoms with Crippen molar-refractivity contribution in [2.75, 3.05) is 37.6 Å². The van der Waals surface area contributed by atoms with Gasteiger partial charge in [0.1, 0.15) is 0 Å². The molecule has 1 aliphatic heterocycles. The third-order valence-electron chi connectivity index (χ3n) is 5.95. The molecule has 41 heavy (non-hydrogen) atoms. The number of anilines is 1. The maximum Gasteiger partial charge on any atom is 0.490 e. The molecule has 0 saturated carbocycles. The predicted octanol–water partition coefficient (Wildman–Crippen LogP) is -0.0586. The smallest absolute Gasteiger partial charge is 0.475 e. The number of hydrogen-bond acceptors (Lipinski definition) is 8. The third-order valence-corrected chi connectivity index (χ3v) is 7.43. The zero-order valence-electron chi connectivity index (χ0n) is 22.1. The Balaban J connectivity index is 0.000000587. The summed E-state index contributed by atoms with van der Waals surface area (Å²) < 4.78 is 63.3. The van der Waals surface area contributed by atoms with E-state index in [1.165, 1.54) is 16.7 Å². The Morgan fingerprint density at radius 3 is 2.32 bits per heavy atom. The second-order valence-electron chi connectivity index (χ2n) is 8.65. The standard InChI is InChI=1S/C22H27N7O4S.C2HF3O2/c1-3-4-13-28-18-19(25-21(28)27-14-10-23-11-15-27)26(2)22(31)29(20(18)30)16-12-24-34(32,33)17-8-6-5-7-9-17;3-2(4,5)1(6)7/h5-9,23-24H,10-16H2,1-2H3;(H,6,7). The number of nitrogens with zero attached hydrogens (tertiary/aromatic N) is 5. The van der Waals surface area contributed by atoms with Crippen LogP contribution in [0.5, 0.6) is 0 Å². The SMILES string of the molecule is CC#CCn1c(N2CCNCC2)nc2c1c(=O)n(CCNS(=O)(=O)c1ccccc1)c(=O)n2C.O=C(O)C(F)(F)F. The molecule has 0 aliphatic carbocycles. The van der Waals surface area contributed by atoms with E-state index in [2.05, 4.69) is 31.8 Å². The van der Waals surface area contributed by atoms with Crippen molar-refractivity contribution in [2.45, 2.75) is 31.1 Å². The first kappa shape index (κ1) is 31.4. The number of rotatable bonds is 7. The Kier molecular flexibility index (Phi) is 9.97. The van der Waals surface area contributed by atoms with Gasteiger partial charge in [0.2, 0.25) is 16.0 Å². The lowest BCUT2D eigenvalue weighted by Gasteiger charge is -2.28. The number of carbonyl (C=O) groups is 1. The van der Waals surface area contributed by atoms with Crippen molar-refractivity contribution in [2.24, 2.45) is 7.05 Å². The molecule has 1 fully saturated rings. The minimum Gasteiger partial charge on any atom is -0.475 e. The summed E-state index contributed by atoms with van der Waals surface area (Å²) in [6, 6.07) is 7.92. The third kappa shape index (κ3) is 7.34. The number of piperazine rings is 1. The summed E-state index contributed by atoms with van der Waals surface area (Å²) in [6.45, 7) is 4.72. The second-order valence-corrected chi connectivity index (χ2v) is 10.4. The largest absolute Gasteiger partial charge is 0.490 e. The van der Waals surface area contributed by atoms with Gasteiger partial charge in [-0.2, -0.15) is 18.2 Å². The fraction of sp³-hybridized carbons (Fsp3) is 0.417. The summed E-state index contributed by atoms with van der Waals surface area (Å²) in [5.74, 6) is 3.67. The van der Waals surface area contributed by atoms with Crippen LogP contribution in [-0.4, -0.2) is 77.1 Å². The maximum atomic E-state index is 13.4. The van der Waals surface area contributed by atoms with Gasteiger partial charge in [0.05, 0.1) is 11.4 Å². The topological polar surface area (TPSA) is 161 Å². The van der Waals surface area contributed by atoms with Gasteiger partial charge < -0.3 is 15.3 Å². The summed E-state index contributed by atoms with van der Waals surface area (Å²) >= 11 is 0. The van der Waals surface area contributed by atoms with E-state index in [0.29, 0.717) is 19.0 Å². The van der Waals surface area contributed by atoms with Crippen molar-refractivity contribution in [3.8, 4) is 11.8 Å². The molecule has 1 aliphatic rings. The minimum atomic E-state index is -5.08. The number of aliphatic carboxylic acids is 1. The molecule has 222 valence electrons.